The van der Waals surface area contributed by atoms with Crippen LogP contribution in [0, 0.1) is 0 Å². The number of aryl methyl sites for hydroxylation is 1. The zero-order valence-corrected chi connectivity index (χ0v) is 12.5. The van der Waals surface area contributed by atoms with Gasteiger partial charge in [0.25, 0.3) is 0 Å². The van der Waals surface area contributed by atoms with Crippen LogP contribution >= 0.6 is 0 Å². The molecule has 0 bridgehead atoms. The Bertz CT molecular complexity index is 367. The number of nitrogens with one attached hydrogen (secondary N) is 1. The normalized spacial score (nSPS) is 23.9. The van der Waals surface area contributed by atoms with Crippen LogP contribution in [-0.4, -0.2) is 19.3 Å². The second-order valence-electron chi connectivity index (χ2n) is 5.76. The van der Waals surface area contributed by atoms with Crippen LogP contribution in [-0.2, 0) is 11.2 Å². The maximum atomic E-state index is 5.32. The van der Waals surface area contributed by atoms with E-state index in [1.54, 1.807) is 7.11 Å². The van der Waals surface area contributed by atoms with E-state index < -0.39 is 0 Å². The molecule has 1 atom stereocenters. The van der Waals surface area contributed by atoms with Gasteiger partial charge in [0.2, 0.25) is 0 Å². The quantitative estimate of drug-likeness (QED) is 0.805. The van der Waals surface area contributed by atoms with Gasteiger partial charge in [-0.05, 0) is 43.7 Å². The SMILES string of the molecule is CCCCc1ccc(C(C)NC2CC(OC)C2)cc1. The summed E-state index contributed by atoms with van der Waals surface area (Å²) < 4.78 is 5.32. The Hall–Kier alpha value is -0.860. The van der Waals surface area contributed by atoms with E-state index in [2.05, 4.69) is 43.4 Å². The van der Waals surface area contributed by atoms with Gasteiger partial charge in [-0.3, -0.25) is 0 Å². The van der Waals surface area contributed by atoms with E-state index in [4.69, 9.17) is 4.74 Å². The molecule has 2 heteroatoms. The predicted molar refractivity (Wildman–Crippen MR) is 80.4 cm³/mol. The Morgan fingerprint density at radius 2 is 1.95 bits per heavy atom. The monoisotopic (exact) mass is 261 g/mol. The molecule has 1 aliphatic rings. The van der Waals surface area contributed by atoms with Crippen LogP contribution < -0.4 is 5.32 Å². The van der Waals surface area contributed by atoms with Crippen molar-refractivity contribution in [1.82, 2.24) is 5.32 Å². The highest BCUT2D eigenvalue weighted by Gasteiger charge is 2.29. The van der Waals surface area contributed by atoms with Crippen molar-refractivity contribution in [2.75, 3.05) is 7.11 Å². The zero-order chi connectivity index (χ0) is 13.7. The van der Waals surface area contributed by atoms with Crippen molar-refractivity contribution in [2.45, 2.75) is 64.1 Å². The molecule has 1 fully saturated rings. The van der Waals surface area contributed by atoms with E-state index in [0.29, 0.717) is 18.2 Å². The van der Waals surface area contributed by atoms with Crippen molar-refractivity contribution in [3.8, 4) is 0 Å². The molecule has 1 saturated carbocycles. The first kappa shape index (κ1) is 14.5. The van der Waals surface area contributed by atoms with Crippen LogP contribution in [0.2, 0.25) is 0 Å². The van der Waals surface area contributed by atoms with E-state index in [1.807, 2.05) is 0 Å². The third kappa shape index (κ3) is 4.05. The number of benzene rings is 1. The summed E-state index contributed by atoms with van der Waals surface area (Å²) >= 11 is 0. The molecule has 0 spiro atoms. The molecule has 1 unspecified atom stereocenters. The molecule has 106 valence electrons. The Morgan fingerprint density at radius 3 is 2.53 bits per heavy atom. The minimum atomic E-state index is 0.433. The molecule has 2 nitrogen and oxygen atoms in total. The van der Waals surface area contributed by atoms with Gasteiger partial charge in [0.1, 0.15) is 0 Å². The molecule has 0 saturated heterocycles. The Kier molecular flexibility index (Phi) is 5.41. The van der Waals surface area contributed by atoms with Gasteiger partial charge in [0.05, 0.1) is 6.10 Å². The third-order valence-electron chi connectivity index (χ3n) is 4.21. The van der Waals surface area contributed by atoms with Crippen LogP contribution in [0.3, 0.4) is 0 Å². The van der Waals surface area contributed by atoms with Gasteiger partial charge < -0.3 is 10.1 Å². The number of hydrogen-bond donors (Lipinski definition) is 1. The fourth-order valence-electron chi connectivity index (χ4n) is 2.70. The van der Waals surface area contributed by atoms with Crippen LogP contribution in [0.5, 0.6) is 0 Å². The molecule has 1 aliphatic carbocycles. The summed E-state index contributed by atoms with van der Waals surface area (Å²) in [7, 11) is 1.80. The summed E-state index contributed by atoms with van der Waals surface area (Å²) in [5.74, 6) is 0. The molecule has 0 aromatic heterocycles. The van der Waals surface area contributed by atoms with Crippen LogP contribution in [0.1, 0.15) is 56.7 Å². The summed E-state index contributed by atoms with van der Waals surface area (Å²) in [6, 6.07) is 10.2. The lowest BCUT2D eigenvalue weighted by Gasteiger charge is -2.36. The second kappa shape index (κ2) is 7.06. The molecule has 2 rings (SSSR count). The molecule has 1 aromatic carbocycles. The van der Waals surface area contributed by atoms with Crippen LogP contribution in [0.4, 0.5) is 0 Å². The zero-order valence-electron chi connectivity index (χ0n) is 12.5. The summed E-state index contributed by atoms with van der Waals surface area (Å²) in [5.41, 5.74) is 2.85. The van der Waals surface area contributed by atoms with Crippen molar-refractivity contribution >= 4 is 0 Å². The standard InChI is InChI=1S/C17H27NO/c1-4-5-6-14-7-9-15(10-8-14)13(2)18-16-11-17(12-16)19-3/h7-10,13,16-18H,4-6,11-12H2,1-3H3. The fraction of sp³-hybridized carbons (Fsp3) is 0.647. The highest BCUT2D eigenvalue weighted by molar-refractivity contribution is 5.25. The van der Waals surface area contributed by atoms with E-state index in [0.717, 1.165) is 12.8 Å². The molecular formula is C17H27NO. The van der Waals surface area contributed by atoms with Crippen LogP contribution in [0.15, 0.2) is 24.3 Å². The van der Waals surface area contributed by atoms with Crippen LogP contribution in [0.25, 0.3) is 0 Å². The number of unbranched alkanes of at least 4 members (excludes halogenated alkanes) is 1. The highest BCUT2D eigenvalue weighted by atomic mass is 16.5. The van der Waals surface area contributed by atoms with Gasteiger partial charge in [-0.25, -0.2) is 0 Å². The lowest BCUT2D eigenvalue weighted by Crippen LogP contribution is -2.45. The van der Waals surface area contributed by atoms with E-state index in [9.17, 15) is 0 Å². The maximum Gasteiger partial charge on any atom is 0.0601 e. The Labute approximate surface area is 117 Å². The Balaban J connectivity index is 1.80. The van der Waals surface area contributed by atoms with E-state index in [1.165, 1.54) is 30.4 Å². The van der Waals surface area contributed by atoms with E-state index >= 15 is 0 Å². The van der Waals surface area contributed by atoms with Gasteiger partial charge in [0.15, 0.2) is 0 Å². The van der Waals surface area contributed by atoms with Gasteiger partial charge in [-0.2, -0.15) is 0 Å². The van der Waals surface area contributed by atoms with Crippen molar-refractivity contribution in [2.24, 2.45) is 0 Å². The molecule has 0 amide bonds. The molecule has 1 N–H and O–H groups in total. The van der Waals surface area contributed by atoms with Crippen molar-refractivity contribution < 1.29 is 4.74 Å². The second-order valence-corrected chi connectivity index (χ2v) is 5.76. The molecule has 19 heavy (non-hydrogen) atoms. The molecule has 0 radical (unpaired) electrons. The van der Waals surface area contributed by atoms with Gasteiger partial charge in [0, 0.05) is 19.2 Å². The molecule has 0 heterocycles. The minimum absolute atomic E-state index is 0.433. The first-order valence-electron chi connectivity index (χ1n) is 7.60. The average Bonchev–Trinajstić information content (AvgIpc) is 2.40. The number of ether oxygens (including phenoxy) is 1. The summed E-state index contributed by atoms with van der Waals surface area (Å²) in [6.07, 6.45) is 6.53. The highest BCUT2D eigenvalue weighted by Crippen LogP contribution is 2.25. The van der Waals surface area contributed by atoms with Gasteiger partial charge in [-0.15, -0.1) is 0 Å². The predicted octanol–water partition coefficient (Wildman–Crippen LogP) is 3.86. The first-order chi connectivity index (χ1) is 9.22. The van der Waals surface area contributed by atoms with Gasteiger partial charge in [-0.1, -0.05) is 37.6 Å². The van der Waals surface area contributed by atoms with Crippen molar-refractivity contribution in [3.63, 3.8) is 0 Å². The van der Waals surface area contributed by atoms with Crippen molar-refractivity contribution in [3.05, 3.63) is 35.4 Å². The summed E-state index contributed by atoms with van der Waals surface area (Å²) in [6.45, 7) is 4.49. The summed E-state index contributed by atoms with van der Waals surface area (Å²) in [5, 5.41) is 3.68. The van der Waals surface area contributed by atoms with Crippen molar-refractivity contribution in [1.29, 1.82) is 0 Å². The molecule has 1 aromatic rings. The number of methoxy groups -OCH3 is 1. The Morgan fingerprint density at radius 1 is 1.26 bits per heavy atom. The lowest BCUT2D eigenvalue weighted by atomic mass is 9.88. The third-order valence-corrected chi connectivity index (χ3v) is 4.21. The first-order valence-corrected chi connectivity index (χ1v) is 7.60. The maximum absolute atomic E-state index is 5.32. The van der Waals surface area contributed by atoms with E-state index in [-0.39, 0.29) is 0 Å². The molecular weight excluding hydrogens is 234 g/mol. The topological polar surface area (TPSA) is 21.3 Å². The molecule has 0 aliphatic heterocycles. The fourth-order valence-corrected chi connectivity index (χ4v) is 2.70. The largest absolute Gasteiger partial charge is 0.381 e. The summed E-state index contributed by atoms with van der Waals surface area (Å²) in [4.78, 5) is 0. The average molecular weight is 261 g/mol. The smallest absolute Gasteiger partial charge is 0.0601 e. The lowest BCUT2D eigenvalue weighted by molar-refractivity contribution is 0.0147. The number of rotatable bonds is 7. The van der Waals surface area contributed by atoms with Gasteiger partial charge >= 0.3 is 0 Å². The number of hydrogen-bond acceptors (Lipinski definition) is 2. The minimum Gasteiger partial charge on any atom is -0.381 e.